The number of nitrogens with one attached hydrogen (secondary N) is 2. The first kappa shape index (κ1) is 4.85. The van der Waals surface area contributed by atoms with Gasteiger partial charge in [-0.15, -0.1) is 0 Å². The van der Waals surface area contributed by atoms with Crippen LogP contribution in [0.1, 0.15) is 17.8 Å². The Morgan fingerprint density at radius 1 is 1.11 bits per heavy atom. The summed E-state index contributed by atoms with van der Waals surface area (Å²) in [5.41, 5.74) is 2.17. The highest BCUT2D eigenvalue weighted by atomic mass is 16.1. The number of hydrogen-bond acceptors (Lipinski definition) is 1. The molecule has 0 fully saturated rings. The van der Waals surface area contributed by atoms with Crippen LogP contribution >= 0.6 is 0 Å². The molecular formula is C6H8N2O. The summed E-state index contributed by atoms with van der Waals surface area (Å²) in [6.07, 6.45) is 3.25. The lowest BCUT2D eigenvalue weighted by Gasteiger charge is -1.79. The van der Waals surface area contributed by atoms with Crippen LogP contribution in [-0.2, 0) is 12.8 Å². The fourth-order valence-electron chi connectivity index (χ4n) is 1.32. The van der Waals surface area contributed by atoms with Crippen LogP contribution in [0.15, 0.2) is 4.79 Å². The first-order valence-electron chi connectivity index (χ1n) is 3.16. The zero-order chi connectivity index (χ0) is 6.27. The fourth-order valence-corrected chi connectivity index (χ4v) is 1.32. The van der Waals surface area contributed by atoms with Gasteiger partial charge in [-0.25, -0.2) is 4.79 Å². The molecular weight excluding hydrogens is 116 g/mol. The van der Waals surface area contributed by atoms with Crippen LogP contribution in [-0.4, -0.2) is 9.97 Å². The van der Waals surface area contributed by atoms with Gasteiger partial charge in [-0.05, 0) is 19.3 Å². The molecule has 2 N–H and O–H groups in total. The van der Waals surface area contributed by atoms with E-state index in [-0.39, 0.29) is 5.69 Å². The number of hydrogen-bond donors (Lipinski definition) is 2. The zero-order valence-electron chi connectivity index (χ0n) is 5.03. The molecule has 0 radical (unpaired) electrons. The molecule has 0 amide bonds. The molecule has 9 heavy (non-hydrogen) atoms. The lowest BCUT2D eigenvalue weighted by Crippen LogP contribution is -2.02. The maximum atomic E-state index is 10.6. The van der Waals surface area contributed by atoms with Crippen molar-refractivity contribution in [3.05, 3.63) is 21.9 Å². The van der Waals surface area contributed by atoms with Crippen LogP contribution in [0.3, 0.4) is 0 Å². The molecule has 1 aromatic rings. The first-order chi connectivity index (χ1) is 4.36. The second-order valence-electron chi connectivity index (χ2n) is 2.39. The van der Waals surface area contributed by atoms with Gasteiger partial charge in [-0.3, -0.25) is 0 Å². The summed E-state index contributed by atoms with van der Waals surface area (Å²) in [6, 6.07) is 0. The largest absolute Gasteiger partial charge is 0.323 e. The summed E-state index contributed by atoms with van der Waals surface area (Å²) in [4.78, 5) is 16.1. The van der Waals surface area contributed by atoms with Crippen LogP contribution in [0, 0.1) is 0 Å². The summed E-state index contributed by atoms with van der Waals surface area (Å²) in [6.45, 7) is 0. The average molecular weight is 124 g/mol. The van der Waals surface area contributed by atoms with Gasteiger partial charge in [-0.1, -0.05) is 0 Å². The van der Waals surface area contributed by atoms with E-state index in [1.54, 1.807) is 0 Å². The van der Waals surface area contributed by atoms with Crippen molar-refractivity contribution in [1.29, 1.82) is 0 Å². The van der Waals surface area contributed by atoms with Gasteiger partial charge in [-0.2, -0.15) is 0 Å². The van der Waals surface area contributed by atoms with Gasteiger partial charge in [0.25, 0.3) is 0 Å². The molecule has 1 aliphatic rings. The van der Waals surface area contributed by atoms with Gasteiger partial charge in [0, 0.05) is 11.4 Å². The van der Waals surface area contributed by atoms with Gasteiger partial charge in [0.15, 0.2) is 0 Å². The Hall–Kier alpha value is -0.990. The number of imidazole rings is 1. The standard InChI is InChI=1S/C6H8N2O/c9-6-7-4-2-1-3-5(4)8-6/h1-3H2,(H2,7,8,9). The molecule has 1 aromatic heterocycles. The Bertz CT molecular complexity index is 246. The summed E-state index contributed by atoms with van der Waals surface area (Å²) in [5.74, 6) is 0. The van der Waals surface area contributed by atoms with Crippen molar-refractivity contribution in [2.75, 3.05) is 0 Å². The quantitative estimate of drug-likeness (QED) is 0.509. The number of rotatable bonds is 0. The Morgan fingerprint density at radius 3 is 2.22 bits per heavy atom. The highest BCUT2D eigenvalue weighted by Crippen LogP contribution is 2.14. The lowest BCUT2D eigenvalue weighted by molar-refractivity contribution is 0.866. The van der Waals surface area contributed by atoms with Crippen molar-refractivity contribution in [3.63, 3.8) is 0 Å². The Labute approximate surface area is 52.1 Å². The monoisotopic (exact) mass is 124 g/mol. The molecule has 1 aliphatic carbocycles. The predicted octanol–water partition coefficient (Wildman–Crippen LogP) is 0.192. The molecule has 3 nitrogen and oxygen atoms in total. The topological polar surface area (TPSA) is 48.6 Å². The molecule has 0 bridgehead atoms. The van der Waals surface area contributed by atoms with Crippen LogP contribution < -0.4 is 5.69 Å². The number of aryl methyl sites for hydroxylation is 2. The van der Waals surface area contributed by atoms with E-state index in [2.05, 4.69) is 9.97 Å². The maximum absolute atomic E-state index is 10.6. The molecule has 0 saturated heterocycles. The molecule has 0 aliphatic heterocycles. The van der Waals surface area contributed by atoms with Crippen molar-refractivity contribution >= 4 is 0 Å². The van der Waals surface area contributed by atoms with Gasteiger partial charge in [0.2, 0.25) is 0 Å². The average Bonchev–Trinajstić information content (AvgIpc) is 2.22. The molecule has 2 rings (SSSR count). The Balaban J connectivity index is 2.64. The highest BCUT2D eigenvalue weighted by Gasteiger charge is 2.12. The van der Waals surface area contributed by atoms with E-state index >= 15 is 0 Å². The van der Waals surface area contributed by atoms with Crippen LogP contribution in [0.25, 0.3) is 0 Å². The van der Waals surface area contributed by atoms with E-state index in [4.69, 9.17) is 0 Å². The third-order valence-corrected chi connectivity index (χ3v) is 1.75. The summed E-state index contributed by atoms with van der Waals surface area (Å²) in [5, 5.41) is 0. The highest BCUT2D eigenvalue weighted by molar-refractivity contribution is 5.16. The van der Waals surface area contributed by atoms with Crippen molar-refractivity contribution in [2.24, 2.45) is 0 Å². The smallest absolute Gasteiger partial charge is 0.310 e. The Morgan fingerprint density at radius 2 is 1.67 bits per heavy atom. The van der Waals surface area contributed by atoms with Crippen LogP contribution in [0.2, 0.25) is 0 Å². The van der Waals surface area contributed by atoms with E-state index in [1.165, 1.54) is 6.42 Å². The minimum absolute atomic E-state index is 0.0558. The van der Waals surface area contributed by atoms with E-state index in [1.807, 2.05) is 0 Å². The number of fused-ring (bicyclic) bond motifs is 1. The second kappa shape index (κ2) is 1.50. The normalized spacial score (nSPS) is 16.0. The second-order valence-corrected chi connectivity index (χ2v) is 2.39. The van der Waals surface area contributed by atoms with Crippen LogP contribution in [0.5, 0.6) is 0 Å². The summed E-state index contributed by atoms with van der Waals surface area (Å²) >= 11 is 0. The number of aromatic nitrogens is 2. The lowest BCUT2D eigenvalue weighted by atomic mass is 10.4. The molecule has 1 heterocycles. The molecule has 3 heteroatoms. The van der Waals surface area contributed by atoms with E-state index < -0.39 is 0 Å². The van der Waals surface area contributed by atoms with Gasteiger partial charge < -0.3 is 9.97 Å². The first-order valence-corrected chi connectivity index (χ1v) is 3.16. The van der Waals surface area contributed by atoms with Gasteiger partial charge in [0.05, 0.1) is 0 Å². The molecule has 0 aromatic carbocycles. The van der Waals surface area contributed by atoms with Gasteiger partial charge >= 0.3 is 5.69 Å². The Kier molecular flexibility index (Phi) is 0.806. The van der Waals surface area contributed by atoms with E-state index in [9.17, 15) is 4.79 Å². The summed E-state index contributed by atoms with van der Waals surface area (Å²) < 4.78 is 0. The third-order valence-electron chi connectivity index (χ3n) is 1.75. The molecule has 48 valence electrons. The van der Waals surface area contributed by atoms with Crippen molar-refractivity contribution in [1.82, 2.24) is 9.97 Å². The van der Waals surface area contributed by atoms with E-state index in [0.717, 1.165) is 24.2 Å². The van der Waals surface area contributed by atoms with Crippen LogP contribution in [0.4, 0.5) is 0 Å². The van der Waals surface area contributed by atoms with Crippen molar-refractivity contribution in [3.8, 4) is 0 Å². The molecule has 0 saturated carbocycles. The van der Waals surface area contributed by atoms with Crippen molar-refractivity contribution < 1.29 is 0 Å². The molecule has 0 atom stereocenters. The maximum Gasteiger partial charge on any atom is 0.323 e. The number of H-pyrrole nitrogens is 2. The fraction of sp³-hybridized carbons (Fsp3) is 0.500. The van der Waals surface area contributed by atoms with E-state index in [0.29, 0.717) is 0 Å². The molecule has 0 spiro atoms. The number of aromatic amines is 2. The minimum Gasteiger partial charge on any atom is -0.310 e. The van der Waals surface area contributed by atoms with Gasteiger partial charge in [0.1, 0.15) is 0 Å². The SMILES string of the molecule is O=c1[nH]c2c([nH]1)CCC2. The third kappa shape index (κ3) is 0.608. The summed E-state index contributed by atoms with van der Waals surface area (Å²) in [7, 11) is 0. The molecule has 0 unspecified atom stereocenters. The zero-order valence-corrected chi connectivity index (χ0v) is 5.03. The van der Waals surface area contributed by atoms with Crippen molar-refractivity contribution in [2.45, 2.75) is 19.3 Å². The predicted molar refractivity (Wildman–Crippen MR) is 33.4 cm³/mol. The minimum atomic E-state index is -0.0558.